The van der Waals surface area contributed by atoms with Crippen molar-refractivity contribution in [3.05, 3.63) is 28.0 Å². The van der Waals surface area contributed by atoms with Crippen molar-refractivity contribution in [3.63, 3.8) is 0 Å². The van der Waals surface area contributed by atoms with Crippen molar-refractivity contribution >= 4 is 34.9 Å². The second kappa shape index (κ2) is 4.64. The molecule has 102 valence electrons. The number of nitrogens with one attached hydrogen (secondary N) is 1. The molecule has 0 spiro atoms. The van der Waals surface area contributed by atoms with E-state index in [1.807, 2.05) is 12.1 Å². The lowest BCUT2D eigenvalue weighted by Crippen LogP contribution is -2.25. The Morgan fingerprint density at radius 2 is 2.21 bits per heavy atom. The maximum Gasteiger partial charge on any atom is 0.178 e. The molecule has 1 aliphatic carbocycles. The number of imidazole rings is 1. The van der Waals surface area contributed by atoms with Crippen LogP contribution >= 0.6 is 23.8 Å². The first-order chi connectivity index (χ1) is 8.98. The number of para-hydroxylation sites is 1. The van der Waals surface area contributed by atoms with Gasteiger partial charge in [0.05, 0.1) is 16.1 Å². The van der Waals surface area contributed by atoms with Crippen LogP contribution in [0, 0.1) is 10.2 Å². The third-order valence-electron chi connectivity index (χ3n) is 4.25. The molecule has 1 aromatic carbocycles. The Balaban J connectivity index is 2.12. The largest absolute Gasteiger partial charge is 0.329 e. The summed E-state index contributed by atoms with van der Waals surface area (Å²) >= 11 is 11.8. The van der Waals surface area contributed by atoms with Gasteiger partial charge in [0, 0.05) is 6.04 Å². The van der Waals surface area contributed by atoms with E-state index in [0.717, 1.165) is 20.8 Å². The molecule has 0 aliphatic heterocycles. The zero-order valence-electron chi connectivity index (χ0n) is 11.4. The van der Waals surface area contributed by atoms with E-state index in [1.54, 1.807) is 0 Å². The van der Waals surface area contributed by atoms with Gasteiger partial charge in [0.25, 0.3) is 0 Å². The van der Waals surface area contributed by atoms with Crippen molar-refractivity contribution in [2.45, 2.75) is 45.6 Å². The van der Waals surface area contributed by atoms with Crippen LogP contribution in [-0.4, -0.2) is 9.55 Å². The van der Waals surface area contributed by atoms with Gasteiger partial charge in [0.15, 0.2) is 4.77 Å². The number of aromatic amines is 1. The van der Waals surface area contributed by atoms with Crippen LogP contribution in [0.5, 0.6) is 0 Å². The van der Waals surface area contributed by atoms with E-state index in [9.17, 15) is 0 Å². The fourth-order valence-corrected chi connectivity index (χ4v) is 3.92. The quantitative estimate of drug-likeness (QED) is 0.689. The normalized spacial score (nSPS) is 22.8. The monoisotopic (exact) mass is 294 g/mol. The number of hydrogen-bond donors (Lipinski definition) is 1. The number of rotatable bonds is 1. The van der Waals surface area contributed by atoms with E-state index >= 15 is 0 Å². The Morgan fingerprint density at radius 1 is 1.42 bits per heavy atom. The topological polar surface area (TPSA) is 20.7 Å². The molecule has 0 bridgehead atoms. The molecule has 1 aromatic heterocycles. The molecule has 0 radical (unpaired) electrons. The zero-order valence-corrected chi connectivity index (χ0v) is 12.9. The lowest BCUT2D eigenvalue weighted by atomic mass is 9.75. The Morgan fingerprint density at radius 3 is 2.95 bits per heavy atom. The maximum absolute atomic E-state index is 6.25. The van der Waals surface area contributed by atoms with Crippen LogP contribution in [0.15, 0.2) is 18.2 Å². The van der Waals surface area contributed by atoms with Crippen LogP contribution in [-0.2, 0) is 0 Å². The van der Waals surface area contributed by atoms with Crippen molar-refractivity contribution in [2.24, 2.45) is 5.41 Å². The Bertz CT molecular complexity index is 668. The number of hydrogen-bond acceptors (Lipinski definition) is 1. The van der Waals surface area contributed by atoms with Gasteiger partial charge < -0.3 is 9.55 Å². The molecular weight excluding hydrogens is 276 g/mol. The van der Waals surface area contributed by atoms with Crippen molar-refractivity contribution in [3.8, 4) is 0 Å². The summed E-state index contributed by atoms with van der Waals surface area (Å²) in [6.45, 7) is 4.70. The van der Waals surface area contributed by atoms with Crippen LogP contribution in [0.3, 0.4) is 0 Å². The molecule has 2 nitrogen and oxygen atoms in total. The van der Waals surface area contributed by atoms with Gasteiger partial charge in [-0.05, 0) is 49.0 Å². The summed E-state index contributed by atoms with van der Waals surface area (Å²) < 4.78 is 3.07. The highest BCUT2D eigenvalue weighted by molar-refractivity contribution is 7.71. The van der Waals surface area contributed by atoms with E-state index in [0.29, 0.717) is 11.5 Å². The average Bonchev–Trinajstić information content (AvgIpc) is 2.66. The number of aromatic nitrogens is 2. The Kier molecular flexibility index (Phi) is 3.22. The summed E-state index contributed by atoms with van der Waals surface area (Å²) in [6, 6.07) is 6.50. The summed E-state index contributed by atoms with van der Waals surface area (Å²) in [7, 11) is 0. The Hall–Kier alpha value is -0.800. The predicted octanol–water partition coefficient (Wildman–Crippen LogP) is 5.49. The molecule has 1 saturated carbocycles. The molecule has 1 heterocycles. The van der Waals surface area contributed by atoms with Crippen LogP contribution in [0.2, 0.25) is 5.02 Å². The molecule has 19 heavy (non-hydrogen) atoms. The minimum absolute atomic E-state index is 0.403. The van der Waals surface area contributed by atoms with Gasteiger partial charge >= 0.3 is 0 Å². The summed E-state index contributed by atoms with van der Waals surface area (Å²) in [5, 5.41) is 0.748. The summed E-state index contributed by atoms with van der Waals surface area (Å²) in [5.74, 6) is 0. The van der Waals surface area contributed by atoms with Gasteiger partial charge in [-0.1, -0.05) is 37.9 Å². The number of fused-ring (bicyclic) bond motifs is 1. The Labute approximate surface area is 123 Å². The molecule has 0 amide bonds. The molecule has 2 aromatic rings. The lowest BCUT2D eigenvalue weighted by molar-refractivity contribution is 0.185. The van der Waals surface area contributed by atoms with Crippen LogP contribution in [0.4, 0.5) is 0 Å². The first-order valence-corrected chi connectivity index (χ1v) is 7.65. The van der Waals surface area contributed by atoms with Crippen LogP contribution < -0.4 is 0 Å². The average molecular weight is 295 g/mol. The standard InChI is InChI=1S/C15H19ClN2S/c1-15(2)8-4-5-10(9-15)18-12-7-3-6-11(16)13(12)17-14(18)19/h3,6-7,10H,4-5,8-9H2,1-2H3,(H,17,19). The molecule has 1 aliphatic rings. The fraction of sp³-hybridized carbons (Fsp3) is 0.533. The maximum atomic E-state index is 6.25. The van der Waals surface area contributed by atoms with Gasteiger partial charge in [0.2, 0.25) is 0 Å². The number of benzene rings is 1. The zero-order chi connectivity index (χ0) is 13.6. The highest BCUT2D eigenvalue weighted by atomic mass is 35.5. The van der Waals surface area contributed by atoms with E-state index in [4.69, 9.17) is 23.8 Å². The summed E-state index contributed by atoms with van der Waals surface area (Å²) in [4.78, 5) is 3.27. The van der Waals surface area contributed by atoms with Crippen LogP contribution in [0.1, 0.15) is 45.6 Å². The predicted molar refractivity (Wildman–Crippen MR) is 83.4 cm³/mol. The third kappa shape index (κ3) is 2.34. The smallest absolute Gasteiger partial charge is 0.178 e. The minimum Gasteiger partial charge on any atom is -0.329 e. The van der Waals surface area contributed by atoms with Gasteiger partial charge in [-0.3, -0.25) is 0 Å². The van der Waals surface area contributed by atoms with Crippen molar-refractivity contribution in [2.75, 3.05) is 0 Å². The van der Waals surface area contributed by atoms with Gasteiger partial charge in [-0.15, -0.1) is 0 Å². The van der Waals surface area contributed by atoms with Gasteiger partial charge in [-0.2, -0.15) is 0 Å². The third-order valence-corrected chi connectivity index (χ3v) is 4.86. The van der Waals surface area contributed by atoms with E-state index in [-0.39, 0.29) is 0 Å². The first kappa shape index (κ1) is 13.2. The molecule has 4 heteroatoms. The van der Waals surface area contributed by atoms with Crippen molar-refractivity contribution in [1.82, 2.24) is 9.55 Å². The van der Waals surface area contributed by atoms with E-state index < -0.39 is 0 Å². The summed E-state index contributed by atoms with van der Waals surface area (Å²) in [6.07, 6.45) is 4.96. The minimum atomic E-state index is 0.403. The number of nitrogens with zero attached hydrogens (tertiary/aromatic N) is 1. The molecule has 1 fully saturated rings. The highest BCUT2D eigenvalue weighted by Gasteiger charge is 2.30. The first-order valence-electron chi connectivity index (χ1n) is 6.87. The fourth-order valence-electron chi connectivity index (χ4n) is 3.35. The lowest BCUT2D eigenvalue weighted by Gasteiger charge is -2.36. The second-order valence-electron chi connectivity index (χ2n) is 6.35. The highest BCUT2D eigenvalue weighted by Crippen LogP contribution is 2.42. The SMILES string of the molecule is CC1(C)CCCC(n2c(=S)[nH]c3c(Cl)cccc32)C1. The van der Waals surface area contributed by atoms with Crippen molar-refractivity contribution in [1.29, 1.82) is 0 Å². The molecule has 0 saturated heterocycles. The molecule has 3 rings (SSSR count). The van der Waals surface area contributed by atoms with Gasteiger partial charge in [-0.25, -0.2) is 0 Å². The molecular formula is C15H19ClN2S. The molecule has 1 unspecified atom stereocenters. The summed E-state index contributed by atoms with van der Waals surface area (Å²) in [5.41, 5.74) is 2.51. The van der Waals surface area contributed by atoms with Crippen molar-refractivity contribution < 1.29 is 0 Å². The van der Waals surface area contributed by atoms with E-state index in [2.05, 4.69) is 29.5 Å². The second-order valence-corrected chi connectivity index (χ2v) is 7.14. The molecule has 1 atom stereocenters. The van der Waals surface area contributed by atoms with E-state index in [1.165, 1.54) is 25.7 Å². The van der Waals surface area contributed by atoms with Crippen LogP contribution in [0.25, 0.3) is 11.0 Å². The number of H-pyrrole nitrogens is 1. The molecule has 1 N–H and O–H groups in total. The number of halogens is 1. The van der Waals surface area contributed by atoms with Gasteiger partial charge in [0.1, 0.15) is 0 Å².